The van der Waals surface area contributed by atoms with E-state index < -0.39 is 0 Å². The molecular formula is C30H37N9O3. The molecule has 4 aliphatic heterocycles. The van der Waals surface area contributed by atoms with Crippen LogP contribution in [0.15, 0.2) is 48.8 Å². The Morgan fingerprint density at radius 3 is 2.02 bits per heavy atom. The van der Waals surface area contributed by atoms with Gasteiger partial charge in [-0.15, -0.1) is 0 Å². The van der Waals surface area contributed by atoms with E-state index >= 15 is 0 Å². The number of carbonyl (C=O) groups excluding carboxylic acids is 1. The second-order valence-electron chi connectivity index (χ2n) is 11.4. The van der Waals surface area contributed by atoms with Gasteiger partial charge in [-0.25, -0.2) is 4.79 Å². The number of rotatable bonds is 6. The summed E-state index contributed by atoms with van der Waals surface area (Å²) in [7, 11) is 0. The molecule has 2 unspecified atom stereocenters. The van der Waals surface area contributed by atoms with Crippen LogP contribution in [0.5, 0.6) is 0 Å². The summed E-state index contributed by atoms with van der Waals surface area (Å²) >= 11 is 0. The minimum absolute atomic E-state index is 0.236. The Kier molecular flexibility index (Phi) is 7.82. The van der Waals surface area contributed by atoms with Crippen molar-refractivity contribution in [3.05, 3.63) is 48.8 Å². The largest absolute Gasteiger partial charge is 0.379 e. The fourth-order valence-corrected chi connectivity index (χ4v) is 6.35. The summed E-state index contributed by atoms with van der Waals surface area (Å²) in [4.78, 5) is 38.5. The van der Waals surface area contributed by atoms with Gasteiger partial charge in [-0.2, -0.15) is 15.0 Å². The molecule has 2 bridgehead atoms. The van der Waals surface area contributed by atoms with E-state index in [4.69, 9.17) is 24.4 Å². The molecule has 2 N–H and O–H groups in total. The van der Waals surface area contributed by atoms with Gasteiger partial charge >= 0.3 is 6.03 Å². The lowest BCUT2D eigenvalue weighted by atomic mass is 10.0. The van der Waals surface area contributed by atoms with Gasteiger partial charge in [0.2, 0.25) is 11.9 Å². The highest BCUT2D eigenvalue weighted by Crippen LogP contribution is 2.31. The molecule has 2 aromatic heterocycles. The van der Waals surface area contributed by atoms with Crippen molar-refractivity contribution in [1.29, 1.82) is 0 Å². The molecule has 0 radical (unpaired) electrons. The molecule has 4 aliphatic rings. The molecule has 3 aromatic rings. The Morgan fingerprint density at radius 2 is 1.36 bits per heavy atom. The number of amides is 2. The second kappa shape index (κ2) is 12.2. The van der Waals surface area contributed by atoms with Crippen LogP contribution in [0.4, 0.5) is 28.1 Å². The van der Waals surface area contributed by atoms with Crippen LogP contribution < -0.4 is 20.4 Å². The van der Waals surface area contributed by atoms with Crippen LogP contribution in [0.2, 0.25) is 0 Å². The Balaban J connectivity index is 1.09. The SMILES string of the molecule is O=C(Nc1ccncc1)Nc1ccc(-c2nc(N3CCC(N4CCOCC4)CC3)nc(N3CC4CCC(C3)O4)n2)cc1. The number of hydrogen-bond acceptors (Lipinski definition) is 10. The van der Waals surface area contributed by atoms with Gasteiger partial charge < -0.3 is 29.9 Å². The Bertz CT molecular complexity index is 1350. The summed E-state index contributed by atoms with van der Waals surface area (Å²) in [6.45, 7) is 7.10. The minimum Gasteiger partial charge on any atom is -0.379 e. The molecule has 6 heterocycles. The first kappa shape index (κ1) is 27.0. The highest BCUT2D eigenvalue weighted by molar-refractivity contribution is 5.99. The molecule has 12 heteroatoms. The average molecular weight is 572 g/mol. The summed E-state index contributed by atoms with van der Waals surface area (Å²) in [6, 6.07) is 11.4. The lowest BCUT2D eigenvalue weighted by Crippen LogP contribution is -2.49. The highest BCUT2D eigenvalue weighted by Gasteiger charge is 2.35. The molecule has 2 amide bonds. The van der Waals surface area contributed by atoms with Crippen molar-refractivity contribution in [2.75, 3.05) is 72.9 Å². The average Bonchev–Trinajstić information content (AvgIpc) is 3.39. The number of anilines is 4. The molecule has 0 saturated carbocycles. The van der Waals surface area contributed by atoms with Crippen molar-refractivity contribution < 1.29 is 14.3 Å². The number of nitrogens with one attached hydrogen (secondary N) is 2. The van der Waals surface area contributed by atoms with Crippen molar-refractivity contribution in [2.24, 2.45) is 0 Å². The lowest BCUT2D eigenvalue weighted by Gasteiger charge is -2.40. The van der Waals surface area contributed by atoms with E-state index in [0.717, 1.165) is 89.7 Å². The smallest absolute Gasteiger partial charge is 0.323 e. The molecule has 7 rings (SSSR count). The predicted molar refractivity (Wildman–Crippen MR) is 160 cm³/mol. The van der Waals surface area contributed by atoms with Crippen molar-refractivity contribution in [2.45, 2.75) is 43.9 Å². The monoisotopic (exact) mass is 571 g/mol. The van der Waals surface area contributed by atoms with E-state index in [9.17, 15) is 4.79 Å². The van der Waals surface area contributed by atoms with E-state index in [0.29, 0.717) is 29.2 Å². The molecule has 0 spiro atoms. The van der Waals surface area contributed by atoms with E-state index in [1.165, 1.54) is 0 Å². The number of carbonyl (C=O) groups is 1. The normalized spacial score (nSPS) is 23.1. The summed E-state index contributed by atoms with van der Waals surface area (Å²) in [6.07, 6.45) is 8.08. The number of nitrogens with zero attached hydrogens (tertiary/aromatic N) is 7. The first-order valence-electron chi connectivity index (χ1n) is 15.0. The van der Waals surface area contributed by atoms with Crippen LogP contribution in [0.25, 0.3) is 11.4 Å². The third-order valence-electron chi connectivity index (χ3n) is 8.59. The number of fused-ring (bicyclic) bond motifs is 2. The van der Waals surface area contributed by atoms with Crippen molar-refractivity contribution in [1.82, 2.24) is 24.8 Å². The lowest BCUT2D eigenvalue weighted by molar-refractivity contribution is 0.0114. The predicted octanol–water partition coefficient (Wildman–Crippen LogP) is 3.25. The van der Waals surface area contributed by atoms with Crippen LogP contribution in [0.1, 0.15) is 25.7 Å². The maximum atomic E-state index is 12.5. The fourth-order valence-electron chi connectivity index (χ4n) is 6.35. The summed E-state index contributed by atoms with van der Waals surface area (Å²) in [5, 5.41) is 5.68. The second-order valence-corrected chi connectivity index (χ2v) is 11.4. The molecule has 4 saturated heterocycles. The Labute approximate surface area is 245 Å². The van der Waals surface area contributed by atoms with Gasteiger partial charge in [0.25, 0.3) is 0 Å². The standard InChI is InChI=1S/C30H37N9O3/c40-30(33-23-7-11-31-12-8-23)32-22-3-1-21(2-4-22)27-34-28(36-29(35-27)39-19-25-5-6-26(20-39)42-25)38-13-9-24(10-14-38)37-15-17-41-18-16-37/h1-4,7-8,11-12,24-26H,5-6,9-10,13-20H2,(H2,31,32,33,40). The fraction of sp³-hybridized carbons (Fsp3) is 0.500. The highest BCUT2D eigenvalue weighted by atomic mass is 16.5. The van der Waals surface area contributed by atoms with Gasteiger partial charge in [-0.3, -0.25) is 9.88 Å². The third kappa shape index (κ3) is 6.15. The van der Waals surface area contributed by atoms with Crippen LogP contribution in [-0.2, 0) is 9.47 Å². The topological polar surface area (TPSA) is 121 Å². The first-order valence-corrected chi connectivity index (χ1v) is 15.0. The number of pyridine rings is 1. The van der Waals surface area contributed by atoms with E-state index in [2.05, 4.69) is 30.3 Å². The van der Waals surface area contributed by atoms with Gasteiger partial charge in [0.15, 0.2) is 5.82 Å². The number of hydrogen-bond donors (Lipinski definition) is 2. The van der Waals surface area contributed by atoms with Crippen LogP contribution in [0.3, 0.4) is 0 Å². The summed E-state index contributed by atoms with van der Waals surface area (Å²) in [5.74, 6) is 2.08. The number of urea groups is 1. The van der Waals surface area contributed by atoms with Crippen molar-refractivity contribution in [3.63, 3.8) is 0 Å². The molecule has 220 valence electrons. The Hall–Kier alpha value is -3.87. The van der Waals surface area contributed by atoms with Crippen LogP contribution in [0, 0.1) is 0 Å². The number of aromatic nitrogens is 4. The maximum Gasteiger partial charge on any atom is 0.323 e. The van der Waals surface area contributed by atoms with Crippen molar-refractivity contribution >= 4 is 29.3 Å². The zero-order valence-electron chi connectivity index (χ0n) is 23.7. The zero-order valence-corrected chi connectivity index (χ0v) is 23.7. The van der Waals surface area contributed by atoms with E-state index in [1.807, 2.05) is 24.3 Å². The first-order chi connectivity index (χ1) is 20.7. The minimum atomic E-state index is -0.318. The number of ether oxygens (including phenoxy) is 2. The third-order valence-corrected chi connectivity index (χ3v) is 8.59. The van der Waals surface area contributed by atoms with Gasteiger partial charge in [0.1, 0.15) is 0 Å². The van der Waals surface area contributed by atoms with E-state index in [1.54, 1.807) is 24.5 Å². The number of morpholine rings is 2. The summed E-state index contributed by atoms with van der Waals surface area (Å²) < 4.78 is 11.6. The van der Waals surface area contributed by atoms with Gasteiger partial charge in [0.05, 0.1) is 25.4 Å². The maximum absolute atomic E-state index is 12.5. The van der Waals surface area contributed by atoms with Crippen LogP contribution >= 0.6 is 0 Å². The van der Waals surface area contributed by atoms with Gasteiger partial charge in [-0.05, 0) is 62.1 Å². The molecule has 2 atom stereocenters. The van der Waals surface area contributed by atoms with Crippen LogP contribution in [-0.4, -0.2) is 102 Å². The number of piperidine rings is 1. The van der Waals surface area contributed by atoms with Gasteiger partial charge in [0, 0.05) is 74.6 Å². The molecule has 4 fully saturated rings. The quantitative estimate of drug-likeness (QED) is 0.456. The van der Waals surface area contributed by atoms with E-state index in [-0.39, 0.29) is 18.2 Å². The van der Waals surface area contributed by atoms with Crippen molar-refractivity contribution in [3.8, 4) is 11.4 Å². The summed E-state index contributed by atoms with van der Waals surface area (Å²) in [5.41, 5.74) is 2.23. The molecule has 0 aliphatic carbocycles. The molecule has 1 aromatic carbocycles. The Morgan fingerprint density at radius 1 is 0.738 bits per heavy atom. The zero-order chi connectivity index (χ0) is 28.3. The molecule has 42 heavy (non-hydrogen) atoms. The van der Waals surface area contributed by atoms with Gasteiger partial charge in [-0.1, -0.05) is 0 Å². The molecule has 12 nitrogen and oxygen atoms in total. The molecular weight excluding hydrogens is 534 g/mol. The number of benzene rings is 1.